The van der Waals surface area contributed by atoms with Crippen molar-refractivity contribution in [3.8, 4) is 11.5 Å². The third-order valence-electron chi connectivity index (χ3n) is 3.32. The number of alkyl halides is 2. The van der Waals surface area contributed by atoms with Crippen LogP contribution in [0.25, 0.3) is 0 Å². The molecule has 140 valence electrons. The lowest BCUT2D eigenvalue weighted by atomic mass is 10.2. The number of hydrogen-bond acceptors (Lipinski definition) is 4. The van der Waals surface area contributed by atoms with Gasteiger partial charge in [-0.25, -0.2) is 0 Å². The predicted molar refractivity (Wildman–Crippen MR) is 99.3 cm³/mol. The standard InChI is InChI=1S/C19H21F2NO3S/c1-2-24-16-6-3-4-7-17(16)25-13-5-8-18(23)22-14-9-11-15(12-10-14)26-19(20)21/h3-4,6-7,9-12,19H,2,5,8,13H2,1H3,(H,22,23). The lowest BCUT2D eigenvalue weighted by molar-refractivity contribution is -0.116. The monoisotopic (exact) mass is 381 g/mol. The molecule has 0 unspecified atom stereocenters. The molecule has 26 heavy (non-hydrogen) atoms. The van der Waals surface area contributed by atoms with Crippen LogP contribution in [0.5, 0.6) is 11.5 Å². The zero-order valence-electron chi connectivity index (χ0n) is 14.4. The fraction of sp³-hybridized carbons (Fsp3) is 0.316. The lowest BCUT2D eigenvalue weighted by Gasteiger charge is -2.11. The number of hydrogen-bond donors (Lipinski definition) is 1. The molecule has 2 aromatic rings. The molecule has 2 aromatic carbocycles. The molecule has 0 fully saturated rings. The van der Waals surface area contributed by atoms with E-state index in [2.05, 4.69) is 5.32 Å². The van der Waals surface area contributed by atoms with Gasteiger partial charge in [0.2, 0.25) is 5.91 Å². The number of thioether (sulfide) groups is 1. The van der Waals surface area contributed by atoms with E-state index in [0.717, 1.165) is 0 Å². The van der Waals surface area contributed by atoms with Crippen molar-refractivity contribution in [3.63, 3.8) is 0 Å². The van der Waals surface area contributed by atoms with Crippen LogP contribution in [-0.2, 0) is 4.79 Å². The number of rotatable bonds is 10. The van der Waals surface area contributed by atoms with Gasteiger partial charge in [-0.2, -0.15) is 8.78 Å². The molecule has 2 rings (SSSR count). The van der Waals surface area contributed by atoms with Crippen molar-refractivity contribution in [1.82, 2.24) is 0 Å². The van der Waals surface area contributed by atoms with Crippen molar-refractivity contribution in [3.05, 3.63) is 48.5 Å². The fourth-order valence-corrected chi connectivity index (χ4v) is 2.70. The van der Waals surface area contributed by atoms with Crippen molar-refractivity contribution in [2.75, 3.05) is 18.5 Å². The molecule has 1 N–H and O–H groups in total. The van der Waals surface area contributed by atoms with Gasteiger partial charge < -0.3 is 14.8 Å². The summed E-state index contributed by atoms with van der Waals surface area (Å²) in [4.78, 5) is 12.4. The number of halogens is 2. The molecule has 0 aliphatic rings. The molecule has 4 nitrogen and oxygen atoms in total. The second-order valence-corrected chi connectivity index (χ2v) is 6.35. The van der Waals surface area contributed by atoms with Crippen LogP contribution in [0.2, 0.25) is 0 Å². The van der Waals surface area contributed by atoms with Gasteiger partial charge in [-0.15, -0.1) is 0 Å². The number of ether oxygens (including phenoxy) is 2. The molecule has 0 aliphatic heterocycles. The third-order valence-corrected chi connectivity index (χ3v) is 4.04. The second kappa shape index (κ2) is 10.7. The number of para-hydroxylation sites is 2. The van der Waals surface area contributed by atoms with Gasteiger partial charge in [-0.3, -0.25) is 4.79 Å². The van der Waals surface area contributed by atoms with Gasteiger partial charge >= 0.3 is 0 Å². The number of nitrogens with one attached hydrogen (secondary N) is 1. The summed E-state index contributed by atoms with van der Waals surface area (Å²) >= 11 is 0.473. The van der Waals surface area contributed by atoms with E-state index in [0.29, 0.717) is 59.9 Å². The van der Waals surface area contributed by atoms with Gasteiger partial charge in [0.15, 0.2) is 11.5 Å². The third kappa shape index (κ3) is 6.92. The molecule has 0 radical (unpaired) electrons. The molecule has 0 saturated heterocycles. The average Bonchev–Trinajstić information content (AvgIpc) is 2.61. The van der Waals surface area contributed by atoms with E-state index >= 15 is 0 Å². The summed E-state index contributed by atoms with van der Waals surface area (Å²) in [6.07, 6.45) is 0.843. The average molecular weight is 381 g/mol. The van der Waals surface area contributed by atoms with Gasteiger partial charge in [0, 0.05) is 17.0 Å². The summed E-state index contributed by atoms with van der Waals surface area (Å²) in [7, 11) is 0. The molecule has 0 spiro atoms. The minimum Gasteiger partial charge on any atom is -0.490 e. The minimum atomic E-state index is -2.46. The minimum absolute atomic E-state index is 0.152. The highest BCUT2D eigenvalue weighted by Gasteiger charge is 2.07. The summed E-state index contributed by atoms with van der Waals surface area (Å²) in [5.74, 6) is -1.27. The number of benzene rings is 2. The van der Waals surface area contributed by atoms with Crippen LogP contribution in [0, 0.1) is 0 Å². The van der Waals surface area contributed by atoms with Crippen LogP contribution in [0.1, 0.15) is 19.8 Å². The van der Waals surface area contributed by atoms with Crippen molar-refractivity contribution >= 4 is 23.4 Å². The van der Waals surface area contributed by atoms with Crippen LogP contribution in [0.4, 0.5) is 14.5 Å². The molecule has 0 atom stereocenters. The Morgan fingerprint density at radius 1 is 1.08 bits per heavy atom. The van der Waals surface area contributed by atoms with E-state index in [1.165, 1.54) is 0 Å². The van der Waals surface area contributed by atoms with E-state index < -0.39 is 5.76 Å². The number of anilines is 1. The smallest absolute Gasteiger partial charge is 0.288 e. The first-order chi connectivity index (χ1) is 12.6. The molecular weight excluding hydrogens is 360 g/mol. The summed E-state index contributed by atoms with van der Waals surface area (Å²) in [5.41, 5.74) is 0.580. The first-order valence-electron chi connectivity index (χ1n) is 8.28. The maximum atomic E-state index is 12.3. The zero-order chi connectivity index (χ0) is 18.8. The molecular formula is C19H21F2NO3S. The first kappa shape index (κ1) is 20.0. The Kier molecular flexibility index (Phi) is 8.21. The number of amides is 1. The van der Waals surface area contributed by atoms with E-state index in [1.807, 2.05) is 31.2 Å². The molecule has 0 bridgehead atoms. The predicted octanol–water partition coefficient (Wildman–Crippen LogP) is 5.20. The summed E-state index contributed by atoms with van der Waals surface area (Å²) in [6, 6.07) is 13.7. The van der Waals surface area contributed by atoms with Gasteiger partial charge in [0.05, 0.1) is 13.2 Å². The Labute approximate surface area is 155 Å². The first-order valence-corrected chi connectivity index (χ1v) is 9.16. The molecule has 0 saturated carbocycles. The Morgan fingerprint density at radius 3 is 2.35 bits per heavy atom. The fourth-order valence-electron chi connectivity index (χ4n) is 2.20. The van der Waals surface area contributed by atoms with E-state index in [-0.39, 0.29) is 5.91 Å². The second-order valence-electron chi connectivity index (χ2n) is 5.28. The number of carbonyl (C=O) groups is 1. The molecule has 0 aromatic heterocycles. The van der Waals surface area contributed by atoms with Crippen LogP contribution >= 0.6 is 11.8 Å². The Morgan fingerprint density at radius 2 is 1.73 bits per heavy atom. The lowest BCUT2D eigenvalue weighted by Crippen LogP contribution is -2.12. The van der Waals surface area contributed by atoms with Crippen molar-refractivity contribution in [2.45, 2.75) is 30.4 Å². The van der Waals surface area contributed by atoms with Gasteiger partial charge in [-0.05, 0) is 49.7 Å². The van der Waals surface area contributed by atoms with E-state index in [1.54, 1.807) is 24.3 Å². The highest BCUT2D eigenvalue weighted by Crippen LogP contribution is 2.27. The van der Waals surface area contributed by atoms with Crippen LogP contribution in [0.3, 0.4) is 0 Å². The van der Waals surface area contributed by atoms with Gasteiger partial charge in [0.1, 0.15) is 0 Å². The maximum Gasteiger partial charge on any atom is 0.288 e. The van der Waals surface area contributed by atoms with Crippen molar-refractivity contribution < 1.29 is 23.0 Å². The molecule has 1 amide bonds. The highest BCUT2D eigenvalue weighted by atomic mass is 32.2. The molecule has 0 aliphatic carbocycles. The van der Waals surface area contributed by atoms with Crippen LogP contribution in [-0.4, -0.2) is 24.9 Å². The van der Waals surface area contributed by atoms with E-state index in [9.17, 15) is 13.6 Å². The highest BCUT2D eigenvalue weighted by molar-refractivity contribution is 7.99. The zero-order valence-corrected chi connectivity index (χ0v) is 15.2. The Bertz CT molecular complexity index is 695. The maximum absolute atomic E-state index is 12.3. The quantitative estimate of drug-likeness (QED) is 0.454. The van der Waals surface area contributed by atoms with Crippen molar-refractivity contribution in [1.29, 1.82) is 0 Å². The summed E-state index contributed by atoms with van der Waals surface area (Å²) in [6.45, 7) is 2.85. The normalized spacial score (nSPS) is 10.6. The van der Waals surface area contributed by atoms with Crippen LogP contribution < -0.4 is 14.8 Å². The largest absolute Gasteiger partial charge is 0.490 e. The summed E-state index contributed by atoms with van der Waals surface area (Å²) < 4.78 is 35.7. The molecule has 0 heterocycles. The van der Waals surface area contributed by atoms with Gasteiger partial charge in [-0.1, -0.05) is 23.9 Å². The molecule has 7 heteroatoms. The Balaban J connectivity index is 1.72. The van der Waals surface area contributed by atoms with Gasteiger partial charge in [0.25, 0.3) is 5.76 Å². The SMILES string of the molecule is CCOc1ccccc1OCCCC(=O)Nc1ccc(SC(F)F)cc1. The topological polar surface area (TPSA) is 47.6 Å². The van der Waals surface area contributed by atoms with Crippen LogP contribution in [0.15, 0.2) is 53.4 Å². The summed E-state index contributed by atoms with van der Waals surface area (Å²) in [5, 5.41) is 2.74. The van der Waals surface area contributed by atoms with E-state index in [4.69, 9.17) is 9.47 Å². The van der Waals surface area contributed by atoms with Crippen molar-refractivity contribution in [2.24, 2.45) is 0 Å². The number of carbonyl (C=O) groups excluding carboxylic acids is 1. The Hall–Kier alpha value is -2.28.